The second-order valence-electron chi connectivity index (χ2n) is 6.54. The molecule has 1 unspecified atom stereocenters. The number of rotatable bonds is 9. The predicted octanol–water partition coefficient (Wildman–Crippen LogP) is -0.0841. The SMILES string of the molecule is COCCCNC(=NCc1nnc(C)n1C)NCC(C)N1CCOCC1. The molecule has 1 aromatic heterocycles. The minimum atomic E-state index is 0.418. The van der Waals surface area contributed by atoms with E-state index in [1.807, 2.05) is 18.5 Å². The summed E-state index contributed by atoms with van der Waals surface area (Å²) in [5.41, 5.74) is 0. The van der Waals surface area contributed by atoms with Crippen LogP contribution in [0.3, 0.4) is 0 Å². The Morgan fingerprint density at radius 3 is 2.73 bits per heavy atom. The molecule has 1 fully saturated rings. The molecule has 2 N–H and O–H groups in total. The van der Waals surface area contributed by atoms with Gasteiger partial charge in [0.25, 0.3) is 0 Å². The van der Waals surface area contributed by atoms with Gasteiger partial charge in [0, 0.05) is 53.0 Å². The molecule has 0 aliphatic carbocycles. The van der Waals surface area contributed by atoms with Crippen molar-refractivity contribution in [2.24, 2.45) is 12.0 Å². The lowest BCUT2D eigenvalue weighted by Gasteiger charge is -2.32. The number of ether oxygens (including phenoxy) is 2. The van der Waals surface area contributed by atoms with E-state index in [2.05, 4.69) is 37.6 Å². The maximum Gasteiger partial charge on any atom is 0.191 e. The van der Waals surface area contributed by atoms with Gasteiger partial charge < -0.3 is 24.7 Å². The summed E-state index contributed by atoms with van der Waals surface area (Å²) < 4.78 is 12.5. The number of hydrogen-bond acceptors (Lipinski definition) is 6. The molecule has 0 saturated carbocycles. The van der Waals surface area contributed by atoms with E-state index < -0.39 is 0 Å². The molecule has 1 aromatic rings. The molecule has 9 heteroatoms. The number of nitrogens with zero attached hydrogens (tertiary/aromatic N) is 5. The highest BCUT2D eigenvalue weighted by Gasteiger charge is 2.17. The van der Waals surface area contributed by atoms with E-state index in [1.165, 1.54) is 0 Å². The quantitative estimate of drug-likeness (QED) is 0.358. The number of hydrogen-bond donors (Lipinski definition) is 2. The van der Waals surface area contributed by atoms with Gasteiger partial charge in [0.2, 0.25) is 0 Å². The molecule has 0 spiro atoms. The molecular formula is C17H33N7O2. The van der Waals surface area contributed by atoms with Gasteiger partial charge in [-0.3, -0.25) is 4.90 Å². The van der Waals surface area contributed by atoms with Gasteiger partial charge >= 0.3 is 0 Å². The van der Waals surface area contributed by atoms with Crippen molar-refractivity contribution in [3.8, 4) is 0 Å². The molecule has 1 aliphatic rings. The number of nitrogens with one attached hydrogen (secondary N) is 2. The van der Waals surface area contributed by atoms with Gasteiger partial charge in [0.1, 0.15) is 12.4 Å². The van der Waals surface area contributed by atoms with Crippen molar-refractivity contribution in [2.75, 3.05) is 53.1 Å². The number of aryl methyl sites for hydroxylation is 1. The second-order valence-corrected chi connectivity index (χ2v) is 6.54. The van der Waals surface area contributed by atoms with Gasteiger partial charge in [-0.2, -0.15) is 0 Å². The van der Waals surface area contributed by atoms with Gasteiger partial charge in [-0.25, -0.2) is 4.99 Å². The third-order valence-corrected chi connectivity index (χ3v) is 4.61. The van der Waals surface area contributed by atoms with Crippen LogP contribution in [-0.2, 0) is 23.1 Å². The van der Waals surface area contributed by atoms with E-state index in [4.69, 9.17) is 9.47 Å². The maximum atomic E-state index is 5.43. The molecule has 0 bridgehead atoms. The van der Waals surface area contributed by atoms with Crippen molar-refractivity contribution < 1.29 is 9.47 Å². The third kappa shape index (κ3) is 6.54. The first-order valence-electron chi connectivity index (χ1n) is 9.29. The molecule has 26 heavy (non-hydrogen) atoms. The highest BCUT2D eigenvalue weighted by atomic mass is 16.5. The largest absolute Gasteiger partial charge is 0.385 e. The van der Waals surface area contributed by atoms with E-state index in [0.717, 1.165) is 70.0 Å². The lowest BCUT2D eigenvalue weighted by atomic mass is 10.2. The Morgan fingerprint density at radius 1 is 1.31 bits per heavy atom. The topological polar surface area (TPSA) is 88.8 Å². The molecule has 1 aliphatic heterocycles. The number of guanidine groups is 1. The molecule has 0 amide bonds. The highest BCUT2D eigenvalue weighted by Crippen LogP contribution is 2.03. The summed E-state index contributed by atoms with van der Waals surface area (Å²) in [6.07, 6.45) is 0.930. The fraction of sp³-hybridized carbons (Fsp3) is 0.824. The maximum absolute atomic E-state index is 5.43. The lowest BCUT2D eigenvalue weighted by molar-refractivity contribution is 0.0211. The van der Waals surface area contributed by atoms with Crippen LogP contribution >= 0.6 is 0 Å². The Balaban J connectivity index is 1.88. The summed E-state index contributed by atoms with van der Waals surface area (Å²) in [5.74, 6) is 2.53. The fourth-order valence-electron chi connectivity index (χ4n) is 2.73. The first kappa shape index (κ1) is 20.6. The van der Waals surface area contributed by atoms with Crippen LogP contribution in [0.1, 0.15) is 25.0 Å². The van der Waals surface area contributed by atoms with E-state index in [0.29, 0.717) is 12.6 Å². The van der Waals surface area contributed by atoms with Crippen LogP contribution in [0.5, 0.6) is 0 Å². The Labute approximate surface area is 156 Å². The zero-order valence-corrected chi connectivity index (χ0v) is 16.5. The van der Waals surface area contributed by atoms with Crippen LogP contribution in [0.2, 0.25) is 0 Å². The monoisotopic (exact) mass is 367 g/mol. The third-order valence-electron chi connectivity index (χ3n) is 4.61. The first-order chi connectivity index (χ1) is 12.6. The molecule has 0 aromatic carbocycles. The van der Waals surface area contributed by atoms with Crippen LogP contribution < -0.4 is 10.6 Å². The molecule has 148 valence electrons. The van der Waals surface area contributed by atoms with Crippen molar-refractivity contribution >= 4 is 5.96 Å². The van der Waals surface area contributed by atoms with Crippen LogP contribution in [0.15, 0.2) is 4.99 Å². The Hall–Kier alpha value is -1.71. The van der Waals surface area contributed by atoms with Crippen LogP contribution in [0, 0.1) is 6.92 Å². The van der Waals surface area contributed by atoms with Crippen LogP contribution in [-0.4, -0.2) is 84.8 Å². The molecule has 1 saturated heterocycles. The zero-order valence-electron chi connectivity index (χ0n) is 16.5. The van der Waals surface area contributed by atoms with E-state index in [9.17, 15) is 0 Å². The molecule has 2 rings (SSSR count). The van der Waals surface area contributed by atoms with Crippen molar-refractivity contribution in [3.05, 3.63) is 11.6 Å². The summed E-state index contributed by atoms with van der Waals surface area (Å²) in [6.45, 7) is 10.6. The van der Waals surface area contributed by atoms with E-state index in [1.54, 1.807) is 7.11 Å². The molecule has 2 heterocycles. The molecule has 9 nitrogen and oxygen atoms in total. The van der Waals surface area contributed by atoms with Crippen LogP contribution in [0.4, 0.5) is 0 Å². The second kappa shape index (κ2) is 11.1. The summed E-state index contributed by atoms with van der Waals surface area (Å²) in [5, 5.41) is 15.1. The average molecular weight is 367 g/mol. The summed E-state index contributed by atoms with van der Waals surface area (Å²) in [6, 6.07) is 0.418. The van der Waals surface area contributed by atoms with Gasteiger partial charge in [0.15, 0.2) is 11.8 Å². The van der Waals surface area contributed by atoms with E-state index in [-0.39, 0.29) is 0 Å². The Kier molecular flexibility index (Phi) is 8.79. The predicted molar refractivity (Wildman–Crippen MR) is 101 cm³/mol. The Morgan fingerprint density at radius 2 is 2.08 bits per heavy atom. The minimum absolute atomic E-state index is 0.418. The average Bonchev–Trinajstić information content (AvgIpc) is 2.99. The van der Waals surface area contributed by atoms with Gasteiger partial charge in [-0.15, -0.1) is 10.2 Å². The zero-order chi connectivity index (χ0) is 18.8. The number of methoxy groups -OCH3 is 1. The number of morpholine rings is 1. The fourth-order valence-corrected chi connectivity index (χ4v) is 2.73. The normalized spacial score (nSPS) is 17.3. The van der Waals surface area contributed by atoms with Crippen molar-refractivity contribution in [2.45, 2.75) is 32.9 Å². The smallest absolute Gasteiger partial charge is 0.191 e. The first-order valence-corrected chi connectivity index (χ1v) is 9.29. The summed E-state index contributed by atoms with van der Waals surface area (Å²) >= 11 is 0. The molecule has 0 radical (unpaired) electrons. The minimum Gasteiger partial charge on any atom is -0.385 e. The van der Waals surface area contributed by atoms with Gasteiger partial charge in [-0.05, 0) is 20.3 Å². The number of aliphatic imine (C=N–C) groups is 1. The van der Waals surface area contributed by atoms with Crippen molar-refractivity contribution in [1.82, 2.24) is 30.3 Å². The van der Waals surface area contributed by atoms with Crippen molar-refractivity contribution in [1.29, 1.82) is 0 Å². The Bertz CT molecular complexity index is 555. The number of aromatic nitrogens is 3. The van der Waals surface area contributed by atoms with Crippen molar-refractivity contribution in [3.63, 3.8) is 0 Å². The van der Waals surface area contributed by atoms with E-state index >= 15 is 0 Å². The highest BCUT2D eigenvalue weighted by molar-refractivity contribution is 5.79. The molecule has 1 atom stereocenters. The standard InChI is InChI=1S/C17H33N7O2/c1-14(24-7-10-26-11-8-24)12-19-17(18-6-5-9-25-4)20-13-16-22-21-15(2)23(16)3/h14H,5-13H2,1-4H3,(H2,18,19,20). The van der Waals surface area contributed by atoms with Gasteiger partial charge in [0.05, 0.1) is 13.2 Å². The summed E-state index contributed by atoms with van der Waals surface area (Å²) in [4.78, 5) is 7.11. The lowest BCUT2D eigenvalue weighted by Crippen LogP contribution is -2.49. The molecular weight excluding hydrogens is 334 g/mol. The van der Waals surface area contributed by atoms with Gasteiger partial charge in [-0.1, -0.05) is 0 Å². The summed E-state index contributed by atoms with van der Waals surface area (Å²) in [7, 11) is 3.67. The van der Waals surface area contributed by atoms with Crippen LogP contribution in [0.25, 0.3) is 0 Å².